The largest absolute Gasteiger partial charge is 0.463 e. The second kappa shape index (κ2) is 10.6. The van der Waals surface area contributed by atoms with Gasteiger partial charge in [-0.25, -0.2) is 4.79 Å². The van der Waals surface area contributed by atoms with Crippen LogP contribution in [-0.4, -0.2) is 61.5 Å². The zero-order chi connectivity index (χ0) is 25.8. The van der Waals surface area contributed by atoms with Crippen molar-refractivity contribution in [2.75, 3.05) is 11.9 Å². The molecule has 0 aliphatic carbocycles. The molecule has 1 aromatic carbocycles. The van der Waals surface area contributed by atoms with Gasteiger partial charge in [0.1, 0.15) is 30.4 Å². The Morgan fingerprint density at radius 3 is 2.49 bits per heavy atom. The zero-order valence-electron chi connectivity index (χ0n) is 18.9. The number of aryl methyl sites for hydroxylation is 1. The molecule has 0 unspecified atom stereocenters. The van der Waals surface area contributed by atoms with E-state index in [2.05, 4.69) is 15.3 Å². The molecule has 186 valence electrons. The fourth-order valence-corrected chi connectivity index (χ4v) is 4.35. The van der Waals surface area contributed by atoms with Crippen LogP contribution in [0.15, 0.2) is 40.2 Å². The third kappa shape index (κ3) is 6.41. The number of carbonyl (C=O) groups excluding carboxylic acids is 2. The molecule has 3 rings (SSSR count). The standard InChI is InChI=1S/C21H22N4O9S/c1-11-4-6-15(7-5-11)35(29,30)34-17-16(10-31-12(2)26)33-20(18(17)32-13(3)27)24-19-14(8-22)9-23-21(28)25-19/h4-7,9,16-18,20H,10H2,1-3H3,(H2,23,24,25,28)/t16-,17+,18-,20-/m1/s1. The molecule has 1 aromatic heterocycles. The molecule has 13 nitrogen and oxygen atoms in total. The lowest BCUT2D eigenvalue weighted by atomic mass is 10.1. The minimum atomic E-state index is -4.38. The van der Waals surface area contributed by atoms with E-state index in [0.29, 0.717) is 0 Å². The number of H-pyrrole nitrogens is 1. The van der Waals surface area contributed by atoms with Crippen molar-refractivity contribution >= 4 is 27.9 Å². The Morgan fingerprint density at radius 1 is 1.20 bits per heavy atom. The lowest BCUT2D eigenvalue weighted by Gasteiger charge is -2.24. The Labute approximate surface area is 200 Å². The normalized spacial score (nSPS) is 21.7. The highest BCUT2D eigenvalue weighted by molar-refractivity contribution is 7.86. The van der Waals surface area contributed by atoms with Crippen molar-refractivity contribution in [2.24, 2.45) is 0 Å². The monoisotopic (exact) mass is 506 g/mol. The third-order valence-electron chi connectivity index (χ3n) is 4.82. The van der Waals surface area contributed by atoms with Crippen molar-refractivity contribution in [3.63, 3.8) is 0 Å². The highest BCUT2D eigenvalue weighted by Gasteiger charge is 2.51. The van der Waals surface area contributed by atoms with E-state index in [0.717, 1.165) is 25.6 Å². The summed E-state index contributed by atoms with van der Waals surface area (Å²) in [6, 6.07) is 7.67. The molecule has 0 bridgehead atoms. The lowest BCUT2D eigenvalue weighted by Crippen LogP contribution is -2.43. The van der Waals surface area contributed by atoms with Crippen LogP contribution < -0.4 is 11.0 Å². The van der Waals surface area contributed by atoms with E-state index < -0.39 is 58.9 Å². The number of ether oxygens (including phenoxy) is 3. The van der Waals surface area contributed by atoms with Crippen LogP contribution in [0.1, 0.15) is 25.0 Å². The van der Waals surface area contributed by atoms with E-state index in [1.165, 1.54) is 12.1 Å². The van der Waals surface area contributed by atoms with Gasteiger partial charge in [-0.3, -0.25) is 13.8 Å². The summed E-state index contributed by atoms with van der Waals surface area (Å²) in [6.07, 6.45) is -4.29. The summed E-state index contributed by atoms with van der Waals surface area (Å²) in [4.78, 5) is 40.6. The van der Waals surface area contributed by atoms with Gasteiger partial charge in [0.05, 0.1) is 4.90 Å². The summed E-state index contributed by atoms with van der Waals surface area (Å²) in [6.45, 7) is 3.58. The number of aromatic amines is 1. The Morgan fingerprint density at radius 2 is 1.89 bits per heavy atom. The molecule has 2 aromatic rings. The molecule has 35 heavy (non-hydrogen) atoms. The summed E-state index contributed by atoms with van der Waals surface area (Å²) in [5, 5.41) is 12.0. The van der Waals surface area contributed by atoms with Crippen LogP contribution in [0.25, 0.3) is 0 Å². The van der Waals surface area contributed by atoms with Gasteiger partial charge in [0.2, 0.25) is 0 Å². The van der Waals surface area contributed by atoms with Crippen LogP contribution >= 0.6 is 0 Å². The van der Waals surface area contributed by atoms with Crippen LogP contribution in [0.5, 0.6) is 0 Å². The SMILES string of the molecule is CC(=O)OC[C@H]1O[C@@H](Nc2nc(=O)[nH]cc2C#N)[C@H](OC(C)=O)[C@H]1OS(=O)(=O)c1ccc(C)cc1. The number of hydrogen-bond donors (Lipinski definition) is 2. The van der Waals surface area contributed by atoms with Gasteiger partial charge < -0.3 is 24.5 Å². The predicted octanol–water partition coefficient (Wildman–Crippen LogP) is 0.356. The molecule has 1 aliphatic rings. The number of aromatic nitrogens is 2. The maximum Gasteiger partial charge on any atom is 0.346 e. The average molecular weight is 506 g/mol. The first-order valence-corrected chi connectivity index (χ1v) is 11.6. The number of esters is 2. The molecular weight excluding hydrogens is 484 g/mol. The van der Waals surface area contributed by atoms with Crippen molar-refractivity contribution in [2.45, 2.75) is 50.2 Å². The van der Waals surface area contributed by atoms with Crippen molar-refractivity contribution < 1.29 is 36.4 Å². The number of nitriles is 1. The summed E-state index contributed by atoms with van der Waals surface area (Å²) < 4.78 is 47.4. The second-order valence-corrected chi connectivity index (χ2v) is 9.10. The Kier molecular flexibility index (Phi) is 7.85. The number of anilines is 1. The van der Waals surface area contributed by atoms with E-state index in [9.17, 15) is 28.1 Å². The molecular formula is C21H22N4O9S. The summed E-state index contributed by atoms with van der Waals surface area (Å²) in [5.74, 6) is -1.66. The van der Waals surface area contributed by atoms with E-state index in [-0.39, 0.29) is 16.3 Å². The minimum absolute atomic E-state index is 0.0667. The first kappa shape index (κ1) is 25.8. The van der Waals surface area contributed by atoms with Gasteiger partial charge in [-0.2, -0.15) is 18.7 Å². The number of nitrogens with zero attached hydrogens (tertiary/aromatic N) is 2. The zero-order valence-corrected chi connectivity index (χ0v) is 19.7. The first-order chi connectivity index (χ1) is 16.5. The Hall–Kier alpha value is -3.80. The van der Waals surface area contributed by atoms with Gasteiger partial charge in [0.25, 0.3) is 10.1 Å². The molecule has 0 amide bonds. The minimum Gasteiger partial charge on any atom is -0.463 e. The van der Waals surface area contributed by atoms with Gasteiger partial charge in [0, 0.05) is 20.0 Å². The number of hydrogen-bond acceptors (Lipinski definition) is 12. The molecule has 2 heterocycles. The average Bonchev–Trinajstić information content (AvgIpc) is 3.07. The summed E-state index contributed by atoms with van der Waals surface area (Å²) >= 11 is 0. The molecule has 4 atom stereocenters. The highest BCUT2D eigenvalue weighted by Crippen LogP contribution is 2.31. The molecule has 0 saturated carbocycles. The van der Waals surface area contributed by atoms with Crippen molar-refractivity contribution in [1.29, 1.82) is 5.26 Å². The van der Waals surface area contributed by atoms with Crippen LogP contribution in [0.3, 0.4) is 0 Å². The lowest BCUT2D eigenvalue weighted by molar-refractivity contribution is -0.151. The number of carbonyl (C=O) groups is 2. The third-order valence-corrected chi connectivity index (χ3v) is 6.14. The van der Waals surface area contributed by atoms with E-state index in [1.807, 2.05) is 6.07 Å². The maximum absolute atomic E-state index is 13.0. The topological polar surface area (TPSA) is 187 Å². The van der Waals surface area contributed by atoms with Crippen molar-refractivity contribution in [1.82, 2.24) is 9.97 Å². The number of nitrogens with one attached hydrogen (secondary N) is 2. The van der Waals surface area contributed by atoms with Gasteiger partial charge in [-0.1, -0.05) is 17.7 Å². The van der Waals surface area contributed by atoms with E-state index in [1.54, 1.807) is 19.1 Å². The van der Waals surface area contributed by atoms with Crippen LogP contribution in [0.2, 0.25) is 0 Å². The number of benzene rings is 1. The quantitative estimate of drug-likeness (QED) is 0.370. The van der Waals surface area contributed by atoms with Gasteiger partial charge in [-0.05, 0) is 19.1 Å². The molecule has 0 radical (unpaired) electrons. The van der Waals surface area contributed by atoms with Gasteiger partial charge >= 0.3 is 17.6 Å². The molecule has 14 heteroatoms. The van der Waals surface area contributed by atoms with Gasteiger partial charge in [-0.15, -0.1) is 0 Å². The second-order valence-electron chi connectivity index (χ2n) is 7.52. The van der Waals surface area contributed by atoms with Crippen molar-refractivity contribution in [3.05, 3.63) is 52.1 Å². The molecule has 0 spiro atoms. The Bertz CT molecular complexity index is 1300. The highest BCUT2D eigenvalue weighted by atomic mass is 32.2. The smallest absolute Gasteiger partial charge is 0.346 e. The summed E-state index contributed by atoms with van der Waals surface area (Å²) in [5.41, 5.74) is -0.0238. The first-order valence-electron chi connectivity index (χ1n) is 10.2. The summed E-state index contributed by atoms with van der Waals surface area (Å²) in [7, 11) is -4.38. The fraction of sp³-hybridized carbons (Fsp3) is 0.381. The molecule has 1 saturated heterocycles. The fourth-order valence-electron chi connectivity index (χ4n) is 3.25. The van der Waals surface area contributed by atoms with Gasteiger partial charge in [0.15, 0.2) is 18.1 Å². The van der Waals surface area contributed by atoms with E-state index >= 15 is 0 Å². The predicted molar refractivity (Wildman–Crippen MR) is 117 cm³/mol. The van der Waals surface area contributed by atoms with Crippen LogP contribution in [-0.2, 0) is 38.1 Å². The number of rotatable bonds is 8. The van der Waals surface area contributed by atoms with Crippen LogP contribution in [0.4, 0.5) is 5.82 Å². The molecule has 1 fully saturated rings. The maximum atomic E-state index is 13.0. The Balaban J connectivity index is 1.98. The molecule has 2 N–H and O–H groups in total. The molecule has 1 aliphatic heterocycles. The van der Waals surface area contributed by atoms with E-state index in [4.69, 9.17) is 18.4 Å². The van der Waals surface area contributed by atoms with Crippen molar-refractivity contribution in [3.8, 4) is 6.07 Å². The van der Waals surface area contributed by atoms with Crippen LogP contribution in [0, 0.1) is 18.3 Å².